The molecule has 0 radical (unpaired) electrons. The van der Waals surface area contributed by atoms with Crippen LogP contribution in [0.2, 0.25) is 0 Å². The minimum absolute atomic E-state index is 0.0688. The van der Waals surface area contributed by atoms with E-state index in [1.807, 2.05) is 20.8 Å². The molecule has 1 N–H and O–H groups in total. The summed E-state index contributed by atoms with van der Waals surface area (Å²) in [6.45, 7) is 9.85. The molecule has 1 aliphatic rings. The van der Waals surface area contributed by atoms with Gasteiger partial charge in [-0.2, -0.15) is 0 Å². The number of likely N-dealkylation sites (tertiary alicyclic amines) is 1. The van der Waals surface area contributed by atoms with Crippen LogP contribution in [-0.2, 0) is 11.3 Å². The fourth-order valence-electron chi connectivity index (χ4n) is 3.86. The normalized spacial score (nSPS) is 16.8. The third-order valence-corrected chi connectivity index (χ3v) is 5.63. The molecule has 0 spiro atoms. The molecule has 7 nitrogen and oxygen atoms in total. The highest BCUT2D eigenvalue weighted by Gasteiger charge is 2.29. The Balaban J connectivity index is 1.55. The summed E-state index contributed by atoms with van der Waals surface area (Å²) in [5.74, 6) is 1.02. The zero-order valence-corrected chi connectivity index (χ0v) is 17.7. The van der Waals surface area contributed by atoms with Crippen LogP contribution in [0.25, 0.3) is 10.9 Å². The van der Waals surface area contributed by atoms with Crippen molar-refractivity contribution in [3.8, 4) is 5.75 Å². The summed E-state index contributed by atoms with van der Waals surface area (Å²) in [5, 5.41) is 10.1. The van der Waals surface area contributed by atoms with Crippen LogP contribution in [0.5, 0.6) is 5.75 Å². The molecule has 1 amide bonds. The van der Waals surface area contributed by atoms with Gasteiger partial charge in [-0.1, -0.05) is 6.92 Å². The Morgan fingerprint density at radius 3 is 2.66 bits per heavy atom. The van der Waals surface area contributed by atoms with Crippen molar-refractivity contribution in [2.45, 2.75) is 59.1 Å². The molecule has 1 atom stereocenters. The summed E-state index contributed by atoms with van der Waals surface area (Å²) in [6.07, 6.45) is 4.10. The molecule has 3 rings (SSSR count). The average molecular weight is 402 g/mol. The Labute approximate surface area is 171 Å². The largest absolute Gasteiger partial charge is 0.508 e. The number of rotatable bonds is 4. The van der Waals surface area contributed by atoms with E-state index in [1.54, 1.807) is 21.9 Å². The Bertz CT molecular complexity index is 924. The van der Waals surface area contributed by atoms with Crippen LogP contribution in [0.1, 0.15) is 47.0 Å². The van der Waals surface area contributed by atoms with E-state index in [0.29, 0.717) is 42.4 Å². The van der Waals surface area contributed by atoms with Crippen molar-refractivity contribution in [3.63, 3.8) is 0 Å². The monoisotopic (exact) mass is 401 g/mol. The fourth-order valence-corrected chi connectivity index (χ4v) is 3.86. The fraction of sp³-hybridized carbons (Fsp3) is 0.591. The summed E-state index contributed by atoms with van der Waals surface area (Å²) < 4.78 is 7.08. The maximum absolute atomic E-state index is 12.7. The number of aromatic nitrogens is 2. The van der Waals surface area contributed by atoms with Crippen LogP contribution >= 0.6 is 0 Å². The van der Waals surface area contributed by atoms with Gasteiger partial charge in [0.15, 0.2) is 0 Å². The van der Waals surface area contributed by atoms with Crippen LogP contribution in [-0.4, -0.2) is 44.3 Å². The molecule has 7 heteroatoms. The number of hydrogen-bond acceptors (Lipinski definition) is 5. The third kappa shape index (κ3) is 5.28. The first-order valence-corrected chi connectivity index (χ1v) is 10.3. The minimum Gasteiger partial charge on any atom is -0.508 e. The highest BCUT2D eigenvalue weighted by Crippen LogP contribution is 2.28. The van der Waals surface area contributed by atoms with E-state index in [2.05, 4.69) is 11.9 Å². The number of amides is 1. The number of phenolic OH excluding ortho intramolecular Hbond substituents is 1. The number of aromatic hydroxyl groups is 1. The quantitative estimate of drug-likeness (QED) is 0.843. The second-order valence-electron chi connectivity index (χ2n) is 9.02. The lowest BCUT2D eigenvalue weighted by Crippen LogP contribution is -2.42. The van der Waals surface area contributed by atoms with Gasteiger partial charge in [-0.25, -0.2) is 9.78 Å². The lowest BCUT2D eigenvalue weighted by molar-refractivity contribution is 0.0160. The molecule has 1 fully saturated rings. The predicted molar refractivity (Wildman–Crippen MR) is 112 cm³/mol. The lowest BCUT2D eigenvalue weighted by atomic mass is 9.83. The maximum atomic E-state index is 12.7. The van der Waals surface area contributed by atoms with Gasteiger partial charge in [0, 0.05) is 19.6 Å². The van der Waals surface area contributed by atoms with Gasteiger partial charge in [-0.05, 0) is 70.1 Å². The molecule has 1 aromatic carbocycles. The first kappa shape index (κ1) is 21.1. The number of hydrogen-bond donors (Lipinski definition) is 1. The van der Waals surface area contributed by atoms with Gasteiger partial charge in [0.05, 0.1) is 17.2 Å². The van der Waals surface area contributed by atoms with E-state index < -0.39 is 5.60 Å². The molecular formula is C22H31N3O4. The van der Waals surface area contributed by atoms with Gasteiger partial charge < -0.3 is 14.7 Å². The first-order chi connectivity index (χ1) is 13.6. The molecule has 1 aromatic heterocycles. The molecule has 1 unspecified atom stereocenters. The molecule has 158 valence electrons. The number of benzene rings is 1. The molecule has 0 aliphatic carbocycles. The highest BCUT2D eigenvalue weighted by molar-refractivity contribution is 5.78. The number of carbonyl (C=O) groups excluding carboxylic acids is 1. The van der Waals surface area contributed by atoms with Crippen molar-refractivity contribution in [2.75, 3.05) is 13.1 Å². The second-order valence-corrected chi connectivity index (χ2v) is 9.02. The van der Waals surface area contributed by atoms with Crippen molar-refractivity contribution in [1.82, 2.24) is 14.5 Å². The standard InChI is InChI=1S/C22H31N3O4/c1-15(16-8-11-24(12-9-16)21(28)29-22(2,3)4)7-10-25-14-23-19-6-5-17(26)13-18(19)20(25)27/h5-6,13-16,26H,7-12H2,1-4H3. The van der Waals surface area contributed by atoms with Gasteiger partial charge in [0.25, 0.3) is 5.56 Å². The lowest BCUT2D eigenvalue weighted by Gasteiger charge is -2.35. The number of nitrogens with zero attached hydrogens (tertiary/aromatic N) is 3. The van der Waals surface area contributed by atoms with Gasteiger partial charge in [0.2, 0.25) is 0 Å². The van der Waals surface area contributed by atoms with E-state index in [4.69, 9.17) is 4.74 Å². The first-order valence-electron chi connectivity index (χ1n) is 10.3. The Morgan fingerprint density at radius 2 is 2.00 bits per heavy atom. The highest BCUT2D eigenvalue weighted by atomic mass is 16.6. The molecule has 1 aliphatic heterocycles. The van der Waals surface area contributed by atoms with E-state index in [9.17, 15) is 14.7 Å². The third-order valence-electron chi connectivity index (χ3n) is 5.63. The summed E-state index contributed by atoms with van der Waals surface area (Å²) in [7, 11) is 0. The number of aryl methyl sites for hydroxylation is 1. The zero-order valence-electron chi connectivity index (χ0n) is 17.7. The molecule has 0 saturated carbocycles. The minimum atomic E-state index is -0.473. The van der Waals surface area contributed by atoms with Gasteiger partial charge >= 0.3 is 6.09 Å². The van der Waals surface area contributed by atoms with Crippen molar-refractivity contribution in [3.05, 3.63) is 34.9 Å². The van der Waals surface area contributed by atoms with Crippen molar-refractivity contribution >= 4 is 17.0 Å². The Morgan fingerprint density at radius 1 is 1.31 bits per heavy atom. The topological polar surface area (TPSA) is 84.7 Å². The van der Waals surface area contributed by atoms with Gasteiger partial charge in [-0.3, -0.25) is 9.36 Å². The Hall–Kier alpha value is -2.57. The van der Waals surface area contributed by atoms with Gasteiger partial charge in [-0.15, -0.1) is 0 Å². The van der Waals surface area contributed by atoms with Crippen LogP contribution in [0, 0.1) is 11.8 Å². The number of fused-ring (bicyclic) bond motifs is 1. The molecule has 1 saturated heterocycles. The van der Waals surface area contributed by atoms with E-state index >= 15 is 0 Å². The summed E-state index contributed by atoms with van der Waals surface area (Å²) in [5.41, 5.74) is -0.0106. The van der Waals surface area contributed by atoms with E-state index in [0.717, 1.165) is 19.3 Å². The number of phenols is 1. The Kier molecular flexibility index (Phi) is 6.15. The SMILES string of the molecule is CC(CCn1cnc2ccc(O)cc2c1=O)C1CCN(C(=O)OC(C)(C)C)CC1. The van der Waals surface area contributed by atoms with Crippen LogP contribution < -0.4 is 5.56 Å². The number of piperidine rings is 1. The number of ether oxygens (including phenoxy) is 1. The summed E-state index contributed by atoms with van der Waals surface area (Å²) in [4.78, 5) is 31.0. The molecular weight excluding hydrogens is 370 g/mol. The van der Waals surface area contributed by atoms with Crippen LogP contribution in [0.4, 0.5) is 4.79 Å². The molecule has 0 bridgehead atoms. The van der Waals surface area contributed by atoms with Crippen LogP contribution in [0.15, 0.2) is 29.3 Å². The predicted octanol–water partition coefficient (Wildman–Crippen LogP) is 3.78. The zero-order chi connectivity index (χ0) is 21.2. The van der Waals surface area contributed by atoms with E-state index in [1.165, 1.54) is 12.1 Å². The molecule has 29 heavy (non-hydrogen) atoms. The summed E-state index contributed by atoms with van der Waals surface area (Å²) >= 11 is 0. The van der Waals surface area contributed by atoms with E-state index in [-0.39, 0.29) is 17.4 Å². The molecule has 2 aromatic rings. The number of carbonyl (C=O) groups is 1. The van der Waals surface area contributed by atoms with Crippen molar-refractivity contribution < 1.29 is 14.6 Å². The van der Waals surface area contributed by atoms with Crippen molar-refractivity contribution in [1.29, 1.82) is 0 Å². The second kappa shape index (κ2) is 8.43. The smallest absolute Gasteiger partial charge is 0.410 e. The van der Waals surface area contributed by atoms with Gasteiger partial charge in [0.1, 0.15) is 11.4 Å². The average Bonchev–Trinajstić information content (AvgIpc) is 2.66. The van der Waals surface area contributed by atoms with Crippen molar-refractivity contribution in [2.24, 2.45) is 11.8 Å². The summed E-state index contributed by atoms with van der Waals surface area (Å²) in [6, 6.07) is 4.65. The maximum Gasteiger partial charge on any atom is 0.410 e. The van der Waals surface area contributed by atoms with Crippen LogP contribution in [0.3, 0.4) is 0 Å². The molecule has 2 heterocycles.